The van der Waals surface area contributed by atoms with Gasteiger partial charge in [-0.25, -0.2) is 4.98 Å². The first-order valence-electron chi connectivity index (χ1n) is 7.62. The van der Waals surface area contributed by atoms with Crippen molar-refractivity contribution < 1.29 is 9.15 Å². The minimum Gasteiger partial charge on any atom is -0.443 e. The Kier molecular flexibility index (Phi) is 4.86. The molecule has 2 unspecified atom stereocenters. The third kappa shape index (κ3) is 3.83. The molecule has 0 radical (unpaired) electrons. The first-order valence-corrected chi connectivity index (χ1v) is 7.62. The van der Waals surface area contributed by atoms with Crippen molar-refractivity contribution in [2.45, 2.75) is 52.0 Å². The summed E-state index contributed by atoms with van der Waals surface area (Å²) in [5, 5.41) is 0. The molecule has 0 saturated carbocycles. The van der Waals surface area contributed by atoms with Gasteiger partial charge in [-0.1, -0.05) is 20.8 Å². The highest BCUT2D eigenvalue weighted by molar-refractivity contribution is 5.07. The van der Waals surface area contributed by atoms with Gasteiger partial charge in [-0.15, -0.1) is 0 Å². The second-order valence-electron chi connectivity index (χ2n) is 7.01. The number of nitrogens with zero attached hydrogens (tertiary/aromatic N) is 2. The van der Waals surface area contributed by atoms with Crippen LogP contribution in [0.25, 0.3) is 0 Å². The van der Waals surface area contributed by atoms with Crippen LogP contribution in [0.4, 0.5) is 0 Å². The van der Waals surface area contributed by atoms with Crippen molar-refractivity contribution >= 4 is 0 Å². The molecule has 1 aromatic rings. The van der Waals surface area contributed by atoms with E-state index < -0.39 is 0 Å². The second kappa shape index (κ2) is 6.27. The van der Waals surface area contributed by atoms with E-state index in [1.807, 2.05) is 6.20 Å². The standard InChI is InChI=1S/C16H28N2O2/c1-12(15-17-9-14(20-15)16(2,3)4)18(5)10-13-7-6-8-19-11-13/h9,12-13H,6-8,10-11H2,1-5H3. The third-order valence-electron chi connectivity index (χ3n) is 4.08. The summed E-state index contributed by atoms with van der Waals surface area (Å²) in [7, 11) is 2.14. The van der Waals surface area contributed by atoms with E-state index >= 15 is 0 Å². The Morgan fingerprint density at radius 1 is 1.45 bits per heavy atom. The zero-order chi connectivity index (χ0) is 14.8. The second-order valence-corrected chi connectivity index (χ2v) is 7.01. The fourth-order valence-corrected chi connectivity index (χ4v) is 2.53. The molecule has 0 aromatic carbocycles. The summed E-state index contributed by atoms with van der Waals surface area (Å²) in [5.74, 6) is 2.40. The van der Waals surface area contributed by atoms with Gasteiger partial charge in [-0.05, 0) is 32.7 Å². The number of hydrogen-bond donors (Lipinski definition) is 0. The lowest BCUT2D eigenvalue weighted by atomic mass is 9.94. The van der Waals surface area contributed by atoms with Crippen molar-refractivity contribution in [2.75, 3.05) is 26.8 Å². The molecule has 4 nitrogen and oxygen atoms in total. The predicted octanol–water partition coefficient (Wildman–Crippen LogP) is 3.39. The van der Waals surface area contributed by atoms with Gasteiger partial charge in [0.2, 0.25) is 5.89 Å². The Balaban J connectivity index is 1.95. The molecule has 2 atom stereocenters. The van der Waals surface area contributed by atoms with Crippen LogP contribution in [0.1, 0.15) is 58.2 Å². The Labute approximate surface area is 122 Å². The molecule has 0 amide bonds. The SMILES string of the molecule is CC(c1ncc(C(C)(C)C)o1)N(C)CC1CCCOC1. The largest absolute Gasteiger partial charge is 0.443 e. The van der Waals surface area contributed by atoms with E-state index in [4.69, 9.17) is 9.15 Å². The van der Waals surface area contributed by atoms with Crippen LogP contribution in [0, 0.1) is 5.92 Å². The summed E-state index contributed by atoms with van der Waals surface area (Å²) < 4.78 is 11.5. The maximum absolute atomic E-state index is 5.94. The van der Waals surface area contributed by atoms with Crippen LogP contribution in [-0.4, -0.2) is 36.7 Å². The average molecular weight is 280 g/mol. The monoisotopic (exact) mass is 280 g/mol. The Bertz CT molecular complexity index is 416. The molecule has 20 heavy (non-hydrogen) atoms. The fraction of sp³-hybridized carbons (Fsp3) is 0.812. The summed E-state index contributed by atoms with van der Waals surface area (Å²) in [6, 6.07) is 0.202. The van der Waals surface area contributed by atoms with Crippen LogP contribution in [-0.2, 0) is 10.2 Å². The fourth-order valence-electron chi connectivity index (χ4n) is 2.53. The summed E-state index contributed by atoms with van der Waals surface area (Å²) in [5.41, 5.74) is 0.0146. The predicted molar refractivity (Wildman–Crippen MR) is 79.8 cm³/mol. The van der Waals surface area contributed by atoms with E-state index in [0.717, 1.165) is 31.4 Å². The first-order chi connectivity index (χ1) is 9.38. The van der Waals surface area contributed by atoms with Crippen molar-refractivity contribution in [3.8, 4) is 0 Å². The van der Waals surface area contributed by atoms with Crippen LogP contribution in [0.15, 0.2) is 10.6 Å². The van der Waals surface area contributed by atoms with E-state index in [9.17, 15) is 0 Å². The molecule has 2 heterocycles. The van der Waals surface area contributed by atoms with Crippen LogP contribution in [0.5, 0.6) is 0 Å². The van der Waals surface area contributed by atoms with Gasteiger partial charge in [-0.3, -0.25) is 4.90 Å². The molecule has 0 bridgehead atoms. The minimum absolute atomic E-state index is 0.0146. The van der Waals surface area contributed by atoms with E-state index in [1.165, 1.54) is 12.8 Å². The first kappa shape index (κ1) is 15.5. The summed E-state index contributed by atoms with van der Waals surface area (Å²) in [6.45, 7) is 11.4. The highest BCUT2D eigenvalue weighted by Gasteiger charge is 2.25. The molecule has 0 spiro atoms. The number of rotatable bonds is 4. The van der Waals surface area contributed by atoms with Gasteiger partial charge in [0, 0.05) is 18.6 Å². The van der Waals surface area contributed by atoms with Gasteiger partial charge < -0.3 is 9.15 Å². The van der Waals surface area contributed by atoms with Gasteiger partial charge in [0.25, 0.3) is 0 Å². The molecule has 1 fully saturated rings. The van der Waals surface area contributed by atoms with E-state index in [0.29, 0.717) is 5.92 Å². The Morgan fingerprint density at radius 3 is 2.75 bits per heavy atom. The number of aromatic nitrogens is 1. The maximum Gasteiger partial charge on any atom is 0.211 e. The molecular weight excluding hydrogens is 252 g/mol. The number of oxazole rings is 1. The van der Waals surface area contributed by atoms with Crippen molar-refractivity contribution in [2.24, 2.45) is 5.92 Å². The molecule has 0 aliphatic carbocycles. The van der Waals surface area contributed by atoms with E-state index in [2.05, 4.69) is 44.6 Å². The van der Waals surface area contributed by atoms with Gasteiger partial charge in [0.15, 0.2) is 0 Å². The van der Waals surface area contributed by atoms with Crippen LogP contribution in [0.2, 0.25) is 0 Å². The maximum atomic E-state index is 5.94. The van der Waals surface area contributed by atoms with Crippen LogP contribution >= 0.6 is 0 Å². The quantitative estimate of drug-likeness (QED) is 0.847. The smallest absolute Gasteiger partial charge is 0.211 e. The minimum atomic E-state index is 0.0146. The van der Waals surface area contributed by atoms with E-state index in [-0.39, 0.29) is 11.5 Å². The molecular formula is C16H28N2O2. The average Bonchev–Trinajstić information content (AvgIpc) is 2.88. The number of hydrogen-bond acceptors (Lipinski definition) is 4. The lowest BCUT2D eigenvalue weighted by Gasteiger charge is -2.29. The van der Waals surface area contributed by atoms with Crippen molar-refractivity contribution in [3.63, 3.8) is 0 Å². The van der Waals surface area contributed by atoms with Crippen LogP contribution < -0.4 is 0 Å². The number of ether oxygens (including phenoxy) is 1. The van der Waals surface area contributed by atoms with Gasteiger partial charge in [0.05, 0.1) is 18.8 Å². The van der Waals surface area contributed by atoms with Gasteiger partial charge >= 0.3 is 0 Å². The topological polar surface area (TPSA) is 38.5 Å². The molecule has 1 saturated heterocycles. The molecule has 4 heteroatoms. The summed E-state index contributed by atoms with van der Waals surface area (Å²) >= 11 is 0. The third-order valence-corrected chi connectivity index (χ3v) is 4.08. The zero-order valence-electron chi connectivity index (χ0n) is 13.5. The molecule has 0 N–H and O–H groups in total. The highest BCUT2D eigenvalue weighted by atomic mass is 16.5. The Hall–Kier alpha value is -0.870. The van der Waals surface area contributed by atoms with Crippen molar-refractivity contribution in [1.82, 2.24) is 9.88 Å². The normalized spacial score (nSPS) is 22.2. The lowest BCUT2D eigenvalue weighted by molar-refractivity contribution is 0.0352. The van der Waals surface area contributed by atoms with Gasteiger partial charge in [-0.2, -0.15) is 0 Å². The molecule has 1 aromatic heterocycles. The molecule has 1 aliphatic rings. The molecule has 1 aliphatic heterocycles. The molecule has 2 rings (SSSR count). The van der Waals surface area contributed by atoms with Crippen LogP contribution in [0.3, 0.4) is 0 Å². The van der Waals surface area contributed by atoms with E-state index in [1.54, 1.807) is 0 Å². The highest BCUT2D eigenvalue weighted by Crippen LogP contribution is 2.27. The zero-order valence-corrected chi connectivity index (χ0v) is 13.5. The summed E-state index contributed by atoms with van der Waals surface area (Å²) in [6.07, 6.45) is 4.30. The van der Waals surface area contributed by atoms with Crippen molar-refractivity contribution in [1.29, 1.82) is 0 Å². The molecule has 114 valence electrons. The Morgan fingerprint density at radius 2 is 2.20 bits per heavy atom. The lowest BCUT2D eigenvalue weighted by Crippen LogP contribution is -2.32. The van der Waals surface area contributed by atoms with Crippen molar-refractivity contribution in [3.05, 3.63) is 17.8 Å². The summed E-state index contributed by atoms with van der Waals surface area (Å²) in [4.78, 5) is 6.77. The van der Waals surface area contributed by atoms with Gasteiger partial charge in [0.1, 0.15) is 5.76 Å².